The number of halogens is 3. The van der Waals surface area contributed by atoms with Gasteiger partial charge in [0.25, 0.3) is 0 Å². The van der Waals surface area contributed by atoms with Gasteiger partial charge in [0.05, 0.1) is 18.1 Å². The summed E-state index contributed by atoms with van der Waals surface area (Å²) in [6, 6.07) is 5.71. The fourth-order valence-corrected chi connectivity index (χ4v) is 3.90. The van der Waals surface area contributed by atoms with Gasteiger partial charge in [0.2, 0.25) is 0 Å². The predicted octanol–water partition coefficient (Wildman–Crippen LogP) is 4.89. The predicted molar refractivity (Wildman–Crippen MR) is 88.7 cm³/mol. The molecule has 23 heavy (non-hydrogen) atoms. The molecular weight excluding hydrogens is 388 g/mol. The van der Waals surface area contributed by atoms with Crippen molar-refractivity contribution < 1.29 is 18.4 Å². The van der Waals surface area contributed by atoms with E-state index in [2.05, 4.69) is 21.1 Å². The number of benzene rings is 1. The molecule has 0 radical (unpaired) electrons. The van der Waals surface area contributed by atoms with E-state index in [0.717, 1.165) is 15.1 Å². The van der Waals surface area contributed by atoms with E-state index in [-0.39, 0.29) is 18.8 Å². The fraction of sp³-hybridized carbons (Fsp3) is 0.312. The molecule has 1 aromatic heterocycles. The summed E-state index contributed by atoms with van der Waals surface area (Å²) in [5, 5.41) is 6.09. The molecule has 1 aliphatic rings. The van der Waals surface area contributed by atoms with Crippen LogP contribution in [0.2, 0.25) is 0 Å². The molecule has 0 N–H and O–H groups in total. The average molecular weight is 402 g/mol. The van der Waals surface area contributed by atoms with Crippen molar-refractivity contribution in [3.63, 3.8) is 0 Å². The number of thiophene rings is 1. The lowest BCUT2D eigenvalue weighted by atomic mass is 10.0. The zero-order valence-corrected chi connectivity index (χ0v) is 14.7. The van der Waals surface area contributed by atoms with Crippen molar-refractivity contribution >= 4 is 33.0 Å². The molecule has 0 spiro atoms. The van der Waals surface area contributed by atoms with Crippen molar-refractivity contribution in [2.45, 2.75) is 25.6 Å². The standard InChI is InChI=1S/C16H14BrF2NO2S/c1-16(7-14(20-22-16)15-11(17)5-6-23-15)9-21-8-10-12(18)3-2-4-13(10)19/h2-6H,7-9H2,1H3. The Kier molecular flexibility index (Phi) is 4.79. The maximum absolute atomic E-state index is 13.6. The first-order valence-electron chi connectivity index (χ1n) is 6.97. The molecule has 0 saturated heterocycles. The lowest BCUT2D eigenvalue weighted by Crippen LogP contribution is -2.31. The van der Waals surface area contributed by atoms with Gasteiger partial charge in [-0.15, -0.1) is 11.3 Å². The molecule has 7 heteroatoms. The van der Waals surface area contributed by atoms with Crippen LogP contribution in [0.25, 0.3) is 0 Å². The zero-order chi connectivity index (χ0) is 16.4. The second kappa shape index (κ2) is 6.67. The lowest BCUT2D eigenvalue weighted by molar-refractivity contribution is -0.0716. The van der Waals surface area contributed by atoms with Gasteiger partial charge >= 0.3 is 0 Å². The van der Waals surface area contributed by atoms with E-state index in [4.69, 9.17) is 9.57 Å². The van der Waals surface area contributed by atoms with Crippen LogP contribution in [-0.4, -0.2) is 17.9 Å². The van der Waals surface area contributed by atoms with Crippen LogP contribution < -0.4 is 0 Å². The molecule has 0 saturated carbocycles. The molecule has 3 rings (SSSR count). The topological polar surface area (TPSA) is 30.8 Å². The van der Waals surface area contributed by atoms with E-state index in [1.54, 1.807) is 11.3 Å². The van der Waals surface area contributed by atoms with E-state index < -0.39 is 17.2 Å². The van der Waals surface area contributed by atoms with E-state index in [1.807, 2.05) is 18.4 Å². The number of oxime groups is 1. The van der Waals surface area contributed by atoms with Gasteiger partial charge in [0, 0.05) is 16.5 Å². The summed E-state index contributed by atoms with van der Waals surface area (Å²) in [7, 11) is 0. The van der Waals surface area contributed by atoms with Gasteiger partial charge in [-0.3, -0.25) is 0 Å². The summed E-state index contributed by atoms with van der Waals surface area (Å²) in [5.41, 5.74) is 0.131. The summed E-state index contributed by atoms with van der Waals surface area (Å²) in [6.45, 7) is 1.91. The van der Waals surface area contributed by atoms with E-state index in [1.165, 1.54) is 18.2 Å². The molecule has 0 fully saturated rings. The molecule has 3 nitrogen and oxygen atoms in total. The number of hydrogen-bond acceptors (Lipinski definition) is 4. The first kappa shape index (κ1) is 16.5. The third kappa shape index (κ3) is 3.62. The Morgan fingerprint density at radius 3 is 2.74 bits per heavy atom. The first-order valence-corrected chi connectivity index (χ1v) is 8.65. The van der Waals surface area contributed by atoms with Crippen LogP contribution in [0.3, 0.4) is 0 Å². The quantitative estimate of drug-likeness (QED) is 0.713. The Hall–Kier alpha value is -1.31. The van der Waals surface area contributed by atoms with Gasteiger partial charge in [0.15, 0.2) is 5.60 Å². The van der Waals surface area contributed by atoms with Crippen molar-refractivity contribution in [1.29, 1.82) is 0 Å². The minimum atomic E-state index is -0.638. The summed E-state index contributed by atoms with van der Waals surface area (Å²) in [4.78, 5) is 6.51. The maximum Gasteiger partial charge on any atom is 0.163 e. The second-order valence-corrected chi connectivity index (χ2v) is 7.32. The molecule has 0 bridgehead atoms. The SMILES string of the molecule is CC1(COCc2c(F)cccc2F)CC(c2sccc2Br)=NO1. The van der Waals surface area contributed by atoms with Gasteiger partial charge in [-0.2, -0.15) is 0 Å². The number of hydrogen-bond donors (Lipinski definition) is 0. The van der Waals surface area contributed by atoms with Gasteiger partial charge in [0.1, 0.15) is 17.3 Å². The molecule has 1 atom stereocenters. The molecule has 0 aliphatic carbocycles. The molecule has 0 amide bonds. The molecule has 1 aromatic carbocycles. The van der Waals surface area contributed by atoms with Gasteiger partial charge in [-0.05, 0) is 46.4 Å². The molecular formula is C16H14BrF2NO2S. The number of rotatable bonds is 5. The molecule has 122 valence electrons. The molecule has 1 aliphatic heterocycles. The Labute approximate surface area is 145 Å². The van der Waals surface area contributed by atoms with Crippen LogP contribution in [0.15, 0.2) is 39.3 Å². The molecule has 2 heterocycles. The summed E-state index contributed by atoms with van der Waals surface area (Å²) in [6.07, 6.45) is 0.575. The third-order valence-corrected chi connectivity index (χ3v) is 5.40. The number of nitrogens with zero attached hydrogens (tertiary/aromatic N) is 1. The van der Waals surface area contributed by atoms with Gasteiger partial charge < -0.3 is 9.57 Å². The van der Waals surface area contributed by atoms with E-state index in [0.29, 0.717) is 6.42 Å². The highest BCUT2D eigenvalue weighted by Gasteiger charge is 2.36. The van der Waals surface area contributed by atoms with Crippen LogP contribution in [0.4, 0.5) is 8.78 Å². The summed E-state index contributed by atoms with van der Waals surface area (Å²) >= 11 is 5.05. The average Bonchev–Trinajstić information content (AvgIpc) is 3.09. The number of ether oxygens (including phenoxy) is 1. The van der Waals surface area contributed by atoms with Crippen molar-refractivity contribution in [3.8, 4) is 0 Å². The van der Waals surface area contributed by atoms with E-state index in [9.17, 15) is 8.78 Å². The van der Waals surface area contributed by atoms with Crippen LogP contribution >= 0.6 is 27.3 Å². The van der Waals surface area contributed by atoms with Gasteiger partial charge in [-0.25, -0.2) is 8.78 Å². The highest BCUT2D eigenvalue weighted by molar-refractivity contribution is 9.10. The zero-order valence-electron chi connectivity index (χ0n) is 12.3. The highest BCUT2D eigenvalue weighted by atomic mass is 79.9. The first-order chi connectivity index (χ1) is 11.0. The Morgan fingerprint density at radius 2 is 2.09 bits per heavy atom. The Bertz CT molecular complexity index is 729. The Morgan fingerprint density at radius 1 is 1.35 bits per heavy atom. The van der Waals surface area contributed by atoms with Gasteiger partial charge in [-0.1, -0.05) is 11.2 Å². The summed E-state index contributed by atoms with van der Waals surface area (Å²) in [5.74, 6) is -1.22. The fourth-order valence-electron chi connectivity index (χ4n) is 2.32. The monoisotopic (exact) mass is 401 g/mol. The lowest BCUT2D eigenvalue weighted by Gasteiger charge is -2.21. The molecule has 2 aromatic rings. The highest BCUT2D eigenvalue weighted by Crippen LogP contribution is 2.32. The maximum atomic E-state index is 13.6. The van der Waals surface area contributed by atoms with Crippen molar-refractivity contribution in [3.05, 3.63) is 56.2 Å². The minimum absolute atomic E-state index is 0.0729. The van der Waals surface area contributed by atoms with Crippen LogP contribution in [0.5, 0.6) is 0 Å². The van der Waals surface area contributed by atoms with E-state index >= 15 is 0 Å². The van der Waals surface area contributed by atoms with Crippen molar-refractivity contribution in [2.24, 2.45) is 5.16 Å². The normalized spacial score (nSPS) is 20.4. The minimum Gasteiger partial charge on any atom is -0.386 e. The van der Waals surface area contributed by atoms with Crippen LogP contribution in [-0.2, 0) is 16.2 Å². The van der Waals surface area contributed by atoms with Crippen molar-refractivity contribution in [1.82, 2.24) is 0 Å². The van der Waals surface area contributed by atoms with Crippen LogP contribution in [0, 0.1) is 11.6 Å². The largest absolute Gasteiger partial charge is 0.386 e. The smallest absolute Gasteiger partial charge is 0.163 e. The third-order valence-electron chi connectivity index (χ3n) is 3.51. The second-order valence-electron chi connectivity index (χ2n) is 5.55. The summed E-state index contributed by atoms with van der Waals surface area (Å²) < 4.78 is 33.6. The molecule has 1 unspecified atom stereocenters. The Balaban J connectivity index is 1.58. The van der Waals surface area contributed by atoms with Crippen molar-refractivity contribution in [2.75, 3.05) is 6.61 Å². The van der Waals surface area contributed by atoms with Crippen LogP contribution in [0.1, 0.15) is 23.8 Å².